The molecule has 2 aromatic carbocycles. The first-order valence-corrected chi connectivity index (χ1v) is 8.61. The van der Waals surface area contributed by atoms with Gasteiger partial charge in [-0.05, 0) is 66.7 Å². The third-order valence-corrected chi connectivity index (χ3v) is 4.32. The van der Waals surface area contributed by atoms with Crippen LogP contribution in [0, 0.1) is 0 Å². The summed E-state index contributed by atoms with van der Waals surface area (Å²) >= 11 is 7.27. The Balaban J connectivity index is 1.76. The molecule has 1 amide bonds. The number of hydrogen-bond donors (Lipinski definition) is 1. The van der Waals surface area contributed by atoms with Gasteiger partial charge in [0, 0.05) is 5.02 Å². The highest BCUT2D eigenvalue weighted by Gasteiger charge is 2.23. The van der Waals surface area contributed by atoms with E-state index in [1.165, 1.54) is 11.8 Å². The van der Waals surface area contributed by atoms with Crippen LogP contribution >= 0.6 is 23.4 Å². The predicted octanol–water partition coefficient (Wildman–Crippen LogP) is 4.63. The fraction of sp³-hybridized carbons (Fsp3) is 0.111. The van der Waals surface area contributed by atoms with E-state index in [4.69, 9.17) is 16.3 Å². The lowest BCUT2D eigenvalue weighted by Gasteiger charge is -2.02. The fourth-order valence-corrected chi connectivity index (χ4v) is 3.17. The average Bonchev–Trinajstić information content (AvgIpc) is 2.89. The van der Waals surface area contributed by atoms with Crippen molar-refractivity contribution in [2.45, 2.75) is 6.92 Å². The summed E-state index contributed by atoms with van der Waals surface area (Å²) in [6, 6.07) is 14.8. The number of carbonyl (C=O) groups is 1. The first-order valence-electron chi connectivity index (χ1n) is 7.42. The van der Waals surface area contributed by atoms with Gasteiger partial charge in [-0.25, -0.2) is 4.99 Å². The van der Waals surface area contributed by atoms with Crippen molar-refractivity contribution in [1.29, 1.82) is 0 Å². The SMILES string of the molecule is CCOc1ccc(N=C2NC(=O)/C(=C\c3cccc(Cl)c3)S2)cc1. The number of ether oxygens (including phenoxy) is 1. The normalized spacial score (nSPS) is 17.3. The van der Waals surface area contributed by atoms with Gasteiger partial charge in [0.1, 0.15) is 5.75 Å². The van der Waals surface area contributed by atoms with Gasteiger partial charge in [0.25, 0.3) is 5.91 Å². The summed E-state index contributed by atoms with van der Waals surface area (Å²) < 4.78 is 5.40. The number of halogens is 1. The van der Waals surface area contributed by atoms with Gasteiger partial charge >= 0.3 is 0 Å². The number of hydrogen-bond acceptors (Lipinski definition) is 4. The first kappa shape index (κ1) is 16.6. The molecule has 1 aliphatic heterocycles. The van der Waals surface area contributed by atoms with Crippen molar-refractivity contribution in [1.82, 2.24) is 5.32 Å². The van der Waals surface area contributed by atoms with Gasteiger partial charge in [-0.3, -0.25) is 4.79 Å². The van der Waals surface area contributed by atoms with E-state index in [0.717, 1.165) is 17.0 Å². The Morgan fingerprint density at radius 1 is 1.25 bits per heavy atom. The van der Waals surface area contributed by atoms with E-state index in [1.54, 1.807) is 12.1 Å². The minimum Gasteiger partial charge on any atom is -0.494 e. The van der Waals surface area contributed by atoms with Crippen molar-refractivity contribution in [2.24, 2.45) is 4.99 Å². The van der Waals surface area contributed by atoms with E-state index < -0.39 is 0 Å². The van der Waals surface area contributed by atoms with Crippen LogP contribution in [0.25, 0.3) is 6.08 Å². The third kappa shape index (κ3) is 4.19. The zero-order valence-electron chi connectivity index (χ0n) is 13.0. The second-order valence-electron chi connectivity index (χ2n) is 4.96. The number of thioether (sulfide) groups is 1. The van der Waals surface area contributed by atoms with Crippen molar-refractivity contribution < 1.29 is 9.53 Å². The van der Waals surface area contributed by atoms with Gasteiger partial charge in [0.15, 0.2) is 5.17 Å². The van der Waals surface area contributed by atoms with Crippen LogP contribution in [0.2, 0.25) is 5.02 Å². The number of nitrogens with one attached hydrogen (secondary N) is 1. The van der Waals surface area contributed by atoms with Crippen molar-refractivity contribution in [2.75, 3.05) is 6.61 Å². The lowest BCUT2D eigenvalue weighted by molar-refractivity contribution is -0.115. The summed E-state index contributed by atoms with van der Waals surface area (Å²) in [5, 5.41) is 3.96. The number of benzene rings is 2. The molecule has 0 atom stereocenters. The fourth-order valence-electron chi connectivity index (χ4n) is 2.13. The molecule has 2 aromatic rings. The predicted molar refractivity (Wildman–Crippen MR) is 99.9 cm³/mol. The molecular weight excluding hydrogens is 344 g/mol. The van der Waals surface area contributed by atoms with Crippen molar-refractivity contribution in [3.05, 3.63) is 64.0 Å². The molecule has 1 aliphatic rings. The molecule has 0 saturated carbocycles. The largest absolute Gasteiger partial charge is 0.494 e. The lowest BCUT2D eigenvalue weighted by Crippen LogP contribution is -2.19. The van der Waals surface area contributed by atoms with Crippen molar-refractivity contribution in [3.63, 3.8) is 0 Å². The molecule has 0 radical (unpaired) electrons. The van der Waals surface area contributed by atoms with Crippen LogP contribution in [0.15, 0.2) is 58.4 Å². The van der Waals surface area contributed by atoms with Gasteiger partial charge in [0.2, 0.25) is 0 Å². The molecule has 6 heteroatoms. The number of nitrogens with zero attached hydrogens (tertiary/aromatic N) is 1. The minimum absolute atomic E-state index is 0.162. The van der Waals surface area contributed by atoms with Crippen LogP contribution in [0.3, 0.4) is 0 Å². The topological polar surface area (TPSA) is 50.7 Å². The minimum atomic E-state index is -0.162. The molecule has 1 fully saturated rings. The maximum absolute atomic E-state index is 12.1. The van der Waals surface area contributed by atoms with Gasteiger partial charge in [-0.15, -0.1) is 0 Å². The Kier molecular flexibility index (Phi) is 5.23. The molecule has 1 heterocycles. The number of amides is 1. The smallest absolute Gasteiger partial charge is 0.264 e. The zero-order valence-corrected chi connectivity index (χ0v) is 14.5. The van der Waals surface area contributed by atoms with E-state index in [2.05, 4.69) is 10.3 Å². The van der Waals surface area contributed by atoms with E-state index in [9.17, 15) is 4.79 Å². The highest BCUT2D eigenvalue weighted by Crippen LogP contribution is 2.29. The van der Waals surface area contributed by atoms with Crippen LogP contribution in [-0.2, 0) is 4.79 Å². The quantitative estimate of drug-likeness (QED) is 0.810. The van der Waals surface area contributed by atoms with Gasteiger partial charge in [-0.2, -0.15) is 0 Å². The molecule has 122 valence electrons. The molecule has 24 heavy (non-hydrogen) atoms. The Morgan fingerprint density at radius 2 is 2.04 bits per heavy atom. The average molecular weight is 359 g/mol. The van der Waals surface area contributed by atoms with Crippen molar-refractivity contribution in [3.8, 4) is 5.75 Å². The van der Waals surface area contributed by atoms with Crippen LogP contribution in [-0.4, -0.2) is 17.7 Å². The number of carbonyl (C=O) groups excluding carboxylic acids is 1. The van der Waals surface area contributed by atoms with Crippen LogP contribution in [0.4, 0.5) is 5.69 Å². The highest BCUT2D eigenvalue weighted by molar-refractivity contribution is 8.18. The second-order valence-corrected chi connectivity index (χ2v) is 6.43. The standard InChI is InChI=1S/C18H15ClN2O2S/c1-2-23-15-8-6-14(7-9-15)20-18-21-17(22)16(24-18)11-12-4-3-5-13(19)10-12/h3-11H,2H2,1H3,(H,20,21,22)/b16-11+. The van der Waals surface area contributed by atoms with E-state index >= 15 is 0 Å². The Hall–Kier alpha value is -2.24. The molecule has 1 N–H and O–H groups in total. The molecule has 0 unspecified atom stereocenters. The third-order valence-electron chi connectivity index (χ3n) is 3.18. The molecule has 0 bridgehead atoms. The first-order chi connectivity index (χ1) is 11.6. The summed E-state index contributed by atoms with van der Waals surface area (Å²) in [7, 11) is 0. The molecule has 3 rings (SSSR count). The number of amidine groups is 1. The molecule has 0 aliphatic carbocycles. The Labute approximate surface area is 149 Å². The van der Waals surface area contributed by atoms with E-state index in [0.29, 0.717) is 21.7 Å². The lowest BCUT2D eigenvalue weighted by atomic mass is 10.2. The Morgan fingerprint density at radius 3 is 2.75 bits per heavy atom. The molecule has 1 saturated heterocycles. The summed E-state index contributed by atoms with van der Waals surface area (Å²) in [4.78, 5) is 17.1. The Bertz CT molecular complexity index is 816. The maximum Gasteiger partial charge on any atom is 0.264 e. The summed E-state index contributed by atoms with van der Waals surface area (Å²) in [5.74, 6) is 0.635. The summed E-state index contributed by atoms with van der Waals surface area (Å²) in [6.07, 6.45) is 1.80. The highest BCUT2D eigenvalue weighted by atomic mass is 35.5. The number of rotatable bonds is 4. The van der Waals surface area contributed by atoms with Crippen LogP contribution < -0.4 is 10.1 Å². The summed E-state index contributed by atoms with van der Waals surface area (Å²) in [6.45, 7) is 2.56. The van der Waals surface area contributed by atoms with Gasteiger partial charge in [-0.1, -0.05) is 23.7 Å². The van der Waals surface area contributed by atoms with E-state index in [1.807, 2.05) is 49.4 Å². The maximum atomic E-state index is 12.1. The van der Waals surface area contributed by atoms with E-state index in [-0.39, 0.29) is 5.91 Å². The molecular formula is C18H15ClN2O2S. The van der Waals surface area contributed by atoms with Crippen molar-refractivity contribution >= 4 is 46.2 Å². The monoisotopic (exact) mass is 358 g/mol. The molecule has 0 spiro atoms. The van der Waals surface area contributed by atoms with Gasteiger partial charge in [0.05, 0.1) is 17.2 Å². The van der Waals surface area contributed by atoms with Crippen LogP contribution in [0.1, 0.15) is 12.5 Å². The number of aliphatic imine (C=N–C) groups is 1. The van der Waals surface area contributed by atoms with Crippen LogP contribution in [0.5, 0.6) is 5.75 Å². The molecule has 0 aromatic heterocycles. The summed E-state index contributed by atoms with van der Waals surface area (Å²) in [5.41, 5.74) is 1.63. The second kappa shape index (κ2) is 7.55. The van der Waals surface area contributed by atoms with Gasteiger partial charge < -0.3 is 10.1 Å². The zero-order chi connectivity index (χ0) is 16.9. The molecule has 4 nitrogen and oxygen atoms in total.